The fraction of sp³-hybridized carbons (Fsp3) is 0.920. The Balaban J connectivity index is 1.36. The molecular formula is C25H44O. The summed E-state index contributed by atoms with van der Waals surface area (Å²) in [5.41, 5.74) is 1.80. The van der Waals surface area contributed by atoms with Crippen molar-refractivity contribution in [2.24, 2.45) is 23.7 Å². The van der Waals surface area contributed by atoms with Crippen LogP contribution in [0.2, 0.25) is 0 Å². The molecule has 1 nitrogen and oxygen atoms in total. The second kappa shape index (κ2) is 10.9. The highest BCUT2D eigenvalue weighted by Crippen LogP contribution is 2.44. The molecule has 0 spiro atoms. The van der Waals surface area contributed by atoms with Gasteiger partial charge in [0.15, 0.2) is 0 Å². The molecule has 0 aliphatic heterocycles. The standard InChI is InChI=1S/C25H44O/c1-3-5-19-26-25-17-15-24(16-18-25)23-13-11-22(12-14-23)21-9-7-20(6-4-2)8-10-21/h15,20-23,25H,3-14,16-19H2,1-2H3. The van der Waals surface area contributed by atoms with Crippen LogP contribution in [0.3, 0.4) is 0 Å². The van der Waals surface area contributed by atoms with Crippen molar-refractivity contribution in [3.8, 4) is 0 Å². The zero-order valence-corrected chi connectivity index (χ0v) is 17.7. The third kappa shape index (κ3) is 5.85. The molecule has 2 saturated carbocycles. The highest BCUT2D eigenvalue weighted by Gasteiger charge is 2.32. The first kappa shape index (κ1) is 20.4. The van der Waals surface area contributed by atoms with Crippen molar-refractivity contribution in [3.05, 3.63) is 11.6 Å². The maximum Gasteiger partial charge on any atom is 0.0612 e. The highest BCUT2D eigenvalue weighted by molar-refractivity contribution is 5.12. The Morgan fingerprint density at radius 2 is 1.54 bits per heavy atom. The van der Waals surface area contributed by atoms with Crippen LogP contribution in [0.5, 0.6) is 0 Å². The molecule has 0 N–H and O–H groups in total. The average Bonchev–Trinajstić information content (AvgIpc) is 2.70. The number of rotatable bonds is 8. The monoisotopic (exact) mass is 360 g/mol. The van der Waals surface area contributed by atoms with Gasteiger partial charge in [0.2, 0.25) is 0 Å². The smallest absolute Gasteiger partial charge is 0.0612 e. The minimum absolute atomic E-state index is 0.514. The first-order valence-corrected chi connectivity index (χ1v) is 12.1. The second-order valence-electron chi connectivity index (χ2n) is 9.58. The van der Waals surface area contributed by atoms with E-state index in [2.05, 4.69) is 19.9 Å². The van der Waals surface area contributed by atoms with Gasteiger partial charge in [0, 0.05) is 6.61 Å². The lowest BCUT2D eigenvalue weighted by Crippen LogP contribution is -2.27. The van der Waals surface area contributed by atoms with E-state index in [-0.39, 0.29) is 0 Å². The quantitative estimate of drug-likeness (QED) is 0.318. The lowest BCUT2D eigenvalue weighted by molar-refractivity contribution is 0.0433. The number of allylic oxidation sites excluding steroid dienone is 1. The summed E-state index contributed by atoms with van der Waals surface area (Å²) in [5.74, 6) is 4.11. The lowest BCUT2D eigenvalue weighted by atomic mass is 9.67. The van der Waals surface area contributed by atoms with Gasteiger partial charge >= 0.3 is 0 Å². The third-order valence-electron chi connectivity index (χ3n) is 7.80. The molecule has 0 saturated heterocycles. The Morgan fingerprint density at radius 1 is 0.846 bits per heavy atom. The first-order chi connectivity index (χ1) is 12.8. The summed E-state index contributed by atoms with van der Waals surface area (Å²) in [6.45, 7) is 5.57. The molecule has 26 heavy (non-hydrogen) atoms. The average molecular weight is 361 g/mol. The molecule has 0 amide bonds. The fourth-order valence-corrected chi connectivity index (χ4v) is 6.06. The van der Waals surface area contributed by atoms with Crippen LogP contribution >= 0.6 is 0 Å². The zero-order chi connectivity index (χ0) is 18.2. The van der Waals surface area contributed by atoms with E-state index in [0.29, 0.717) is 6.10 Å². The van der Waals surface area contributed by atoms with Gasteiger partial charge in [-0.05, 0) is 87.9 Å². The molecule has 1 unspecified atom stereocenters. The molecule has 3 rings (SSSR count). The highest BCUT2D eigenvalue weighted by atomic mass is 16.5. The van der Waals surface area contributed by atoms with Gasteiger partial charge in [-0.3, -0.25) is 0 Å². The Kier molecular flexibility index (Phi) is 8.56. The summed E-state index contributed by atoms with van der Waals surface area (Å²) >= 11 is 0. The number of unbranched alkanes of at least 4 members (excludes halogenated alkanes) is 1. The van der Waals surface area contributed by atoms with Crippen molar-refractivity contribution < 1.29 is 4.74 Å². The molecule has 3 aliphatic rings. The molecule has 150 valence electrons. The minimum atomic E-state index is 0.514. The van der Waals surface area contributed by atoms with E-state index in [1.807, 2.05) is 0 Å². The predicted octanol–water partition coefficient (Wildman–Crippen LogP) is 7.69. The fourth-order valence-electron chi connectivity index (χ4n) is 6.06. The Bertz CT molecular complexity index is 410. The summed E-state index contributed by atoms with van der Waals surface area (Å²) in [6.07, 6.45) is 24.3. The molecular weight excluding hydrogens is 316 g/mol. The first-order valence-electron chi connectivity index (χ1n) is 12.1. The second-order valence-corrected chi connectivity index (χ2v) is 9.58. The number of ether oxygens (including phenoxy) is 1. The van der Waals surface area contributed by atoms with E-state index < -0.39 is 0 Å². The van der Waals surface area contributed by atoms with Crippen LogP contribution in [0.15, 0.2) is 11.6 Å². The van der Waals surface area contributed by atoms with E-state index in [1.54, 1.807) is 18.4 Å². The molecule has 0 aromatic carbocycles. The Morgan fingerprint density at radius 3 is 2.12 bits per heavy atom. The summed E-state index contributed by atoms with van der Waals surface area (Å²) in [6, 6.07) is 0. The van der Waals surface area contributed by atoms with E-state index in [0.717, 1.165) is 30.3 Å². The Hall–Kier alpha value is -0.300. The lowest BCUT2D eigenvalue weighted by Gasteiger charge is -2.39. The van der Waals surface area contributed by atoms with Crippen molar-refractivity contribution >= 4 is 0 Å². The zero-order valence-electron chi connectivity index (χ0n) is 17.7. The molecule has 0 radical (unpaired) electrons. The van der Waals surface area contributed by atoms with E-state index in [1.165, 1.54) is 83.5 Å². The van der Waals surface area contributed by atoms with Gasteiger partial charge in [0.1, 0.15) is 0 Å². The van der Waals surface area contributed by atoms with Crippen molar-refractivity contribution in [1.29, 1.82) is 0 Å². The normalized spacial score (nSPS) is 35.9. The molecule has 1 heteroatoms. The minimum Gasteiger partial charge on any atom is -0.378 e. The maximum absolute atomic E-state index is 6.04. The van der Waals surface area contributed by atoms with Gasteiger partial charge in [0.05, 0.1) is 6.10 Å². The van der Waals surface area contributed by atoms with Crippen LogP contribution in [0.25, 0.3) is 0 Å². The summed E-state index contributed by atoms with van der Waals surface area (Å²) < 4.78 is 6.04. The molecule has 0 aromatic heterocycles. The van der Waals surface area contributed by atoms with Gasteiger partial charge in [-0.2, -0.15) is 0 Å². The molecule has 0 aromatic rings. The summed E-state index contributed by atoms with van der Waals surface area (Å²) in [4.78, 5) is 0. The Labute approximate surface area is 163 Å². The van der Waals surface area contributed by atoms with Crippen molar-refractivity contribution in [2.75, 3.05) is 6.61 Å². The van der Waals surface area contributed by atoms with Crippen LogP contribution in [0.4, 0.5) is 0 Å². The predicted molar refractivity (Wildman–Crippen MR) is 112 cm³/mol. The third-order valence-corrected chi connectivity index (χ3v) is 7.80. The molecule has 0 heterocycles. The van der Waals surface area contributed by atoms with Gasteiger partial charge in [-0.1, -0.05) is 57.6 Å². The van der Waals surface area contributed by atoms with Gasteiger partial charge in [0.25, 0.3) is 0 Å². The maximum atomic E-state index is 6.04. The van der Waals surface area contributed by atoms with E-state index in [4.69, 9.17) is 4.74 Å². The van der Waals surface area contributed by atoms with Crippen LogP contribution < -0.4 is 0 Å². The molecule has 2 fully saturated rings. The molecule has 0 bridgehead atoms. The van der Waals surface area contributed by atoms with Crippen LogP contribution in [0, 0.1) is 23.7 Å². The van der Waals surface area contributed by atoms with E-state index in [9.17, 15) is 0 Å². The van der Waals surface area contributed by atoms with Gasteiger partial charge < -0.3 is 4.74 Å². The topological polar surface area (TPSA) is 9.23 Å². The van der Waals surface area contributed by atoms with Crippen LogP contribution in [-0.4, -0.2) is 12.7 Å². The summed E-state index contributed by atoms with van der Waals surface area (Å²) in [5, 5.41) is 0. The molecule has 1 atom stereocenters. The van der Waals surface area contributed by atoms with Crippen molar-refractivity contribution in [3.63, 3.8) is 0 Å². The number of hydrogen-bond acceptors (Lipinski definition) is 1. The largest absolute Gasteiger partial charge is 0.378 e. The van der Waals surface area contributed by atoms with Gasteiger partial charge in [-0.25, -0.2) is 0 Å². The molecule has 3 aliphatic carbocycles. The number of hydrogen-bond donors (Lipinski definition) is 0. The SMILES string of the molecule is CCCCOC1CC=C(C2CCC(C3CCC(CCC)CC3)CC2)CC1. The van der Waals surface area contributed by atoms with E-state index >= 15 is 0 Å². The van der Waals surface area contributed by atoms with Gasteiger partial charge in [-0.15, -0.1) is 0 Å². The van der Waals surface area contributed by atoms with Crippen molar-refractivity contribution in [1.82, 2.24) is 0 Å². The van der Waals surface area contributed by atoms with Crippen molar-refractivity contribution in [2.45, 2.75) is 116 Å². The van der Waals surface area contributed by atoms with Crippen LogP contribution in [-0.2, 0) is 4.74 Å². The van der Waals surface area contributed by atoms with Crippen LogP contribution in [0.1, 0.15) is 110 Å². The summed E-state index contributed by atoms with van der Waals surface area (Å²) in [7, 11) is 0.